The van der Waals surface area contributed by atoms with Crippen molar-refractivity contribution in [1.82, 2.24) is 5.43 Å². The van der Waals surface area contributed by atoms with Crippen molar-refractivity contribution < 1.29 is 0 Å². The quantitative estimate of drug-likeness (QED) is 0.334. The third-order valence-corrected chi connectivity index (χ3v) is 4.22. The summed E-state index contributed by atoms with van der Waals surface area (Å²) >= 11 is 0. The van der Waals surface area contributed by atoms with Crippen molar-refractivity contribution in [2.75, 3.05) is 0 Å². The number of hydrazine groups is 1. The van der Waals surface area contributed by atoms with Crippen LogP contribution in [0.25, 0.3) is 0 Å². The number of nitrogens with two attached hydrogens (primary N) is 1. The molecule has 0 spiro atoms. The molecular weight excluding hydrogens is 210 g/mol. The van der Waals surface area contributed by atoms with E-state index < -0.39 is 0 Å². The molecule has 2 aliphatic carbocycles. The monoisotopic (exact) mass is 237 g/mol. The smallest absolute Gasteiger partial charge is 0.114 e. The van der Waals surface area contributed by atoms with Gasteiger partial charge in [0.2, 0.25) is 0 Å². The number of unbranched alkanes of at least 4 members (excludes halogenated alkanes) is 1. The van der Waals surface area contributed by atoms with Crippen LogP contribution in [0.1, 0.15) is 64.7 Å². The van der Waals surface area contributed by atoms with E-state index >= 15 is 0 Å². The second-order valence-corrected chi connectivity index (χ2v) is 5.75. The maximum atomic E-state index is 5.61. The summed E-state index contributed by atoms with van der Waals surface area (Å²) in [5.74, 6) is 8.27. The Bertz CT molecular complexity index is 250. The zero-order valence-electron chi connectivity index (χ0n) is 11.1. The van der Waals surface area contributed by atoms with Gasteiger partial charge in [-0.15, -0.1) is 0 Å². The van der Waals surface area contributed by atoms with Gasteiger partial charge in [-0.05, 0) is 44.4 Å². The fraction of sp³-hybridized carbons (Fsp3) is 0.929. The lowest BCUT2D eigenvalue weighted by molar-refractivity contribution is 0.298. The first-order valence-electron chi connectivity index (χ1n) is 7.37. The van der Waals surface area contributed by atoms with Gasteiger partial charge < -0.3 is 5.43 Å². The first kappa shape index (κ1) is 12.9. The Kier molecular flexibility index (Phi) is 4.84. The molecule has 98 valence electrons. The van der Waals surface area contributed by atoms with E-state index in [4.69, 9.17) is 10.8 Å². The Labute approximate surface area is 105 Å². The molecule has 0 atom stereocenters. The Morgan fingerprint density at radius 3 is 2.41 bits per heavy atom. The minimum absolute atomic E-state index is 0.582. The highest BCUT2D eigenvalue weighted by Crippen LogP contribution is 2.33. The molecule has 17 heavy (non-hydrogen) atoms. The standard InChI is InChI=1S/C14H27N3/c1-2-3-4-11-5-7-12(8-6-11)14(17-15)16-13-9-10-13/h11-13H,2-10,15H2,1H3,(H,16,17). The molecule has 2 saturated carbocycles. The Morgan fingerprint density at radius 2 is 1.88 bits per heavy atom. The second-order valence-electron chi connectivity index (χ2n) is 5.75. The normalized spacial score (nSPS) is 30.4. The number of aliphatic imine (C=N–C) groups is 1. The van der Waals surface area contributed by atoms with Crippen molar-refractivity contribution in [2.45, 2.75) is 70.8 Å². The van der Waals surface area contributed by atoms with E-state index in [1.165, 1.54) is 57.8 Å². The largest absolute Gasteiger partial charge is 0.312 e. The van der Waals surface area contributed by atoms with E-state index in [-0.39, 0.29) is 0 Å². The lowest BCUT2D eigenvalue weighted by atomic mass is 9.79. The van der Waals surface area contributed by atoms with Gasteiger partial charge >= 0.3 is 0 Å². The molecule has 0 aromatic rings. The predicted molar refractivity (Wildman–Crippen MR) is 72.8 cm³/mol. The lowest BCUT2D eigenvalue weighted by Crippen LogP contribution is -2.38. The molecule has 2 rings (SSSR count). The molecule has 0 bridgehead atoms. The van der Waals surface area contributed by atoms with Crippen molar-refractivity contribution in [3.8, 4) is 0 Å². The Hall–Kier alpha value is -0.570. The first-order valence-corrected chi connectivity index (χ1v) is 7.37. The molecule has 0 radical (unpaired) electrons. The summed E-state index contributed by atoms with van der Waals surface area (Å²) < 4.78 is 0. The molecule has 0 saturated heterocycles. The molecule has 0 amide bonds. The van der Waals surface area contributed by atoms with Crippen molar-refractivity contribution >= 4 is 5.84 Å². The number of hydrogen-bond donors (Lipinski definition) is 2. The van der Waals surface area contributed by atoms with Crippen LogP contribution in [0.3, 0.4) is 0 Å². The maximum absolute atomic E-state index is 5.61. The fourth-order valence-corrected chi connectivity index (χ4v) is 2.88. The van der Waals surface area contributed by atoms with Crippen LogP contribution in [0.5, 0.6) is 0 Å². The average Bonchev–Trinajstić information content (AvgIpc) is 3.18. The summed E-state index contributed by atoms with van der Waals surface area (Å²) in [7, 11) is 0. The van der Waals surface area contributed by atoms with Crippen LogP contribution in [-0.2, 0) is 0 Å². The van der Waals surface area contributed by atoms with Crippen molar-refractivity contribution in [1.29, 1.82) is 0 Å². The second kappa shape index (κ2) is 6.39. The van der Waals surface area contributed by atoms with E-state index in [9.17, 15) is 0 Å². The van der Waals surface area contributed by atoms with Gasteiger partial charge in [-0.25, -0.2) is 5.84 Å². The third-order valence-electron chi connectivity index (χ3n) is 4.22. The first-order chi connectivity index (χ1) is 8.33. The SMILES string of the molecule is CCCCC1CCC(C(=NC2CC2)NN)CC1. The fourth-order valence-electron chi connectivity index (χ4n) is 2.88. The summed E-state index contributed by atoms with van der Waals surface area (Å²) in [6.07, 6.45) is 12.0. The van der Waals surface area contributed by atoms with Gasteiger partial charge in [0.05, 0.1) is 6.04 Å². The van der Waals surface area contributed by atoms with Crippen molar-refractivity contribution in [2.24, 2.45) is 22.7 Å². The van der Waals surface area contributed by atoms with Crippen LogP contribution in [0.15, 0.2) is 4.99 Å². The molecule has 2 fully saturated rings. The van der Waals surface area contributed by atoms with Crippen molar-refractivity contribution in [3.63, 3.8) is 0 Å². The minimum atomic E-state index is 0.582. The zero-order chi connectivity index (χ0) is 12.1. The van der Waals surface area contributed by atoms with E-state index in [2.05, 4.69) is 12.3 Å². The molecule has 0 heterocycles. The zero-order valence-corrected chi connectivity index (χ0v) is 11.1. The Morgan fingerprint density at radius 1 is 1.18 bits per heavy atom. The molecule has 0 aromatic heterocycles. The number of amidine groups is 1. The van der Waals surface area contributed by atoms with Crippen LogP contribution >= 0.6 is 0 Å². The molecule has 0 aliphatic heterocycles. The van der Waals surface area contributed by atoms with Crippen LogP contribution < -0.4 is 11.3 Å². The molecule has 2 aliphatic rings. The van der Waals surface area contributed by atoms with Gasteiger partial charge in [-0.3, -0.25) is 4.99 Å². The summed E-state index contributed by atoms with van der Waals surface area (Å²) in [6, 6.07) is 0.582. The van der Waals surface area contributed by atoms with Crippen LogP contribution in [0, 0.1) is 11.8 Å². The van der Waals surface area contributed by atoms with Crippen molar-refractivity contribution in [3.05, 3.63) is 0 Å². The van der Waals surface area contributed by atoms with E-state index in [1.807, 2.05) is 0 Å². The lowest BCUT2D eigenvalue weighted by Gasteiger charge is -2.29. The summed E-state index contributed by atoms with van der Waals surface area (Å²) in [4.78, 5) is 4.70. The van der Waals surface area contributed by atoms with Crippen LogP contribution in [0.4, 0.5) is 0 Å². The Balaban J connectivity index is 1.76. The van der Waals surface area contributed by atoms with E-state index in [0.29, 0.717) is 12.0 Å². The van der Waals surface area contributed by atoms with Gasteiger partial charge in [-0.1, -0.05) is 26.2 Å². The molecule has 0 unspecified atom stereocenters. The van der Waals surface area contributed by atoms with Gasteiger partial charge in [0.15, 0.2) is 0 Å². The number of nitrogens with zero attached hydrogens (tertiary/aromatic N) is 1. The minimum Gasteiger partial charge on any atom is -0.312 e. The highest BCUT2D eigenvalue weighted by atomic mass is 15.3. The molecule has 3 heteroatoms. The van der Waals surface area contributed by atoms with E-state index in [0.717, 1.165) is 11.8 Å². The highest BCUT2D eigenvalue weighted by Gasteiger charge is 2.27. The molecular formula is C14H27N3. The predicted octanol–water partition coefficient (Wildman–Crippen LogP) is 3.01. The van der Waals surface area contributed by atoms with Crippen LogP contribution in [0.2, 0.25) is 0 Å². The summed E-state index contributed by atoms with van der Waals surface area (Å²) in [6.45, 7) is 2.28. The van der Waals surface area contributed by atoms with Gasteiger partial charge in [0.25, 0.3) is 0 Å². The maximum Gasteiger partial charge on any atom is 0.114 e. The number of hydrogen-bond acceptors (Lipinski definition) is 2. The summed E-state index contributed by atoms with van der Waals surface area (Å²) in [5, 5.41) is 0. The highest BCUT2D eigenvalue weighted by molar-refractivity contribution is 5.84. The average molecular weight is 237 g/mol. The summed E-state index contributed by atoms with van der Waals surface area (Å²) in [5.41, 5.74) is 2.85. The number of rotatable bonds is 5. The van der Waals surface area contributed by atoms with E-state index in [1.54, 1.807) is 0 Å². The van der Waals surface area contributed by atoms with Gasteiger partial charge in [0.1, 0.15) is 5.84 Å². The van der Waals surface area contributed by atoms with Crippen LogP contribution in [-0.4, -0.2) is 11.9 Å². The third kappa shape index (κ3) is 3.98. The van der Waals surface area contributed by atoms with Gasteiger partial charge in [0, 0.05) is 5.92 Å². The molecule has 0 aromatic carbocycles. The molecule has 3 N–H and O–H groups in total. The van der Waals surface area contributed by atoms with Gasteiger partial charge in [-0.2, -0.15) is 0 Å². The topological polar surface area (TPSA) is 50.4 Å². The molecule has 3 nitrogen and oxygen atoms in total. The number of nitrogens with one attached hydrogen (secondary N) is 1.